The molecule has 0 aliphatic carbocycles. The number of nitrogens with two attached hydrogens (primary N) is 2. The molecule has 2 heteroatoms. The van der Waals surface area contributed by atoms with Crippen LogP contribution in [-0.2, 0) is 12.8 Å². The Morgan fingerprint density at radius 3 is 0.950 bits per heavy atom. The molecule has 0 radical (unpaired) electrons. The lowest BCUT2D eigenvalue weighted by molar-refractivity contribution is 0.528. The molecule has 4 aromatic carbocycles. The number of rotatable bonds is 33. The summed E-state index contributed by atoms with van der Waals surface area (Å²) < 4.78 is 0. The van der Waals surface area contributed by atoms with Crippen LogP contribution in [0.15, 0.2) is 84.9 Å². The predicted molar refractivity (Wildman–Crippen MR) is 267 cm³/mol. The third-order valence-corrected chi connectivity index (χ3v) is 13.5. The molecule has 4 aromatic rings. The van der Waals surface area contributed by atoms with Gasteiger partial charge < -0.3 is 11.5 Å². The van der Waals surface area contributed by atoms with Crippen molar-refractivity contribution in [1.82, 2.24) is 0 Å². The van der Waals surface area contributed by atoms with Gasteiger partial charge in [-0.2, -0.15) is 0 Å². The van der Waals surface area contributed by atoms with Gasteiger partial charge in [-0.25, -0.2) is 0 Å². The van der Waals surface area contributed by atoms with Crippen molar-refractivity contribution in [3.05, 3.63) is 129 Å². The quantitative estimate of drug-likeness (QED) is 0.0372. The summed E-state index contributed by atoms with van der Waals surface area (Å²) in [5.74, 6) is 0.933. The molecule has 0 bridgehead atoms. The molecule has 0 aliphatic rings. The van der Waals surface area contributed by atoms with E-state index in [1.54, 1.807) is 0 Å². The second kappa shape index (κ2) is 29.7. The van der Waals surface area contributed by atoms with E-state index in [-0.39, 0.29) is 0 Å². The van der Waals surface area contributed by atoms with Crippen LogP contribution in [0.2, 0.25) is 0 Å². The zero-order valence-electron chi connectivity index (χ0n) is 39.2. The van der Waals surface area contributed by atoms with Crippen molar-refractivity contribution >= 4 is 11.4 Å². The Labute approximate surface area is 370 Å². The number of nitrogen functional groups attached to an aromatic ring is 2. The van der Waals surface area contributed by atoms with Crippen molar-refractivity contribution in [1.29, 1.82) is 0 Å². The van der Waals surface area contributed by atoms with Gasteiger partial charge in [-0.1, -0.05) is 216 Å². The molecule has 2 nitrogen and oxygen atoms in total. The summed E-state index contributed by atoms with van der Waals surface area (Å²) in [4.78, 5) is 0. The summed E-state index contributed by atoms with van der Waals surface area (Å²) in [6, 6.07) is 32.2. The van der Waals surface area contributed by atoms with Crippen LogP contribution in [0.4, 0.5) is 11.4 Å². The molecule has 0 fully saturated rings. The Balaban J connectivity index is 0.973. The molecule has 0 amide bonds. The van der Waals surface area contributed by atoms with Crippen molar-refractivity contribution < 1.29 is 0 Å². The van der Waals surface area contributed by atoms with Crippen LogP contribution in [0.3, 0.4) is 0 Å². The smallest absolute Gasteiger partial charge is 0.0316 e. The van der Waals surface area contributed by atoms with Gasteiger partial charge in [0.25, 0.3) is 0 Å². The highest BCUT2D eigenvalue weighted by Gasteiger charge is 2.18. The number of hydrogen-bond donors (Lipinski definition) is 2. The van der Waals surface area contributed by atoms with Gasteiger partial charge >= 0.3 is 0 Å². The number of hydrogen-bond acceptors (Lipinski definition) is 2. The van der Waals surface area contributed by atoms with E-state index in [0.29, 0.717) is 11.8 Å². The van der Waals surface area contributed by atoms with Gasteiger partial charge in [0, 0.05) is 23.2 Å². The van der Waals surface area contributed by atoms with Crippen molar-refractivity contribution in [2.24, 2.45) is 0 Å². The monoisotopic (exact) mass is 813 g/mol. The maximum atomic E-state index is 6.10. The highest BCUT2D eigenvalue weighted by molar-refractivity contribution is 5.49. The number of unbranched alkanes of at least 4 members (excludes halogenated alkanes) is 21. The van der Waals surface area contributed by atoms with Gasteiger partial charge in [-0.3, -0.25) is 0 Å². The molecule has 330 valence electrons. The maximum Gasteiger partial charge on any atom is 0.0316 e. The Kier molecular flexibility index (Phi) is 24.3. The van der Waals surface area contributed by atoms with Crippen molar-refractivity contribution in [2.45, 2.75) is 219 Å². The third kappa shape index (κ3) is 18.6. The maximum absolute atomic E-state index is 6.10. The molecule has 2 atom stereocenters. The topological polar surface area (TPSA) is 52.0 Å². The molecule has 0 spiro atoms. The molecule has 0 heterocycles. The first-order valence-corrected chi connectivity index (χ1v) is 25.3. The first-order valence-electron chi connectivity index (χ1n) is 25.3. The fourth-order valence-corrected chi connectivity index (χ4v) is 9.70. The molecule has 0 aliphatic heterocycles. The van der Waals surface area contributed by atoms with Crippen molar-refractivity contribution in [2.75, 3.05) is 11.5 Å². The van der Waals surface area contributed by atoms with E-state index in [0.717, 1.165) is 11.4 Å². The molecule has 2 unspecified atom stereocenters. The highest BCUT2D eigenvalue weighted by Crippen LogP contribution is 2.35. The zero-order valence-corrected chi connectivity index (χ0v) is 39.2. The van der Waals surface area contributed by atoms with Crippen molar-refractivity contribution in [3.8, 4) is 0 Å². The lowest BCUT2D eigenvalue weighted by Gasteiger charge is -2.21. The van der Waals surface area contributed by atoms with E-state index in [4.69, 9.17) is 11.5 Å². The van der Waals surface area contributed by atoms with Crippen LogP contribution >= 0.6 is 0 Å². The summed E-state index contributed by atoms with van der Waals surface area (Å²) in [5.41, 5.74) is 25.4. The molecule has 4 rings (SSSR count). The van der Waals surface area contributed by atoms with Crippen LogP contribution < -0.4 is 11.5 Å². The van der Waals surface area contributed by atoms with Crippen LogP contribution in [0.5, 0.6) is 0 Å². The lowest BCUT2D eigenvalue weighted by atomic mass is 9.84. The summed E-state index contributed by atoms with van der Waals surface area (Å²) in [6.45, 7) is 9.03. The average molecular weight is 813 g/mol. The summed E-state index contributed by atoms with van der Waals surface area (Å²) >= 11 is 0. The normalized spacial score (nSPS) is 12.5. The van der Waals surface area contributed by atoms with E-state index in [9.17, 15) is 0 Å². The average Bonchev–Trinajstić information content (AvgIpc) is 3.25. The van der Waals surface area contributed by atoms with E-state index in [1.165, 1.54) is 224 Å². The minimum Gasteiger partial charge on any atom is -0.399 e. The second-order valence-electron chi connectivity index (χ2n) is 18.7. The van der Waals surface area contributed by atoms with E-state index < -0.39 is 0 Å². The van der Waals surface area contributed by atoms with Gasteiger partial charge in [0.05, 0.1) is 0 Å². The second-order valence-corrected chi connectivity index (χ2v) is 18.7. The van der Waals surface area contributed by atoms with Gasteiger partial charge in [0.2, 0.25) is 0 Å². The van der Waals surface area contributed by atoms with Crippen LogP contribution in [0, 0.1) is 13.8 Å². The Morgan fingerprint density at radius 2 is 0.650 bits per heavy atom. The van der Waals surface area contributed by atoms with Crippen molar-refractivity contribution in [3.63, 3.8) is 0 Å². The number of aryl methyl sites for hydroxylation is 4. The molecule has 0 saturated carbocycles. The largest absolute Gasteiger partial charge is 0.399 e. The minimum atomic E-state index is 0.467. The minimum absolute atomic E-state index is 0.467. The van der Waals surface area contributed by atoms with E-state index in [2.05, 4.69) is 113 Å². The number of anilines is 2. The standard InChI is InChI=1S/C58H88N2/c1-5-7-9-27-31-57(55-43-41-53(59)45-47(55)3)51-37-33-49(34-38-51)29-25-23-21-19-17-15-13-11-12-14-16-18-20-22-24-26-30-50-35-39-52(40-36-50)58(32-28-10-8-6-2)56-44-42-54(60)46-48(56)4/h33-46,57-58H,5-32,59-60H2,1-4H3. The van der Waals surface area contributed by atoms with Gasteiger partial charge in [0.15, 0.2) is 0 Å². The first-order chi connectivity index (χ1) is 29.4. The van der Waals surface area contributed by atoms with Gasteiger partial charge in [0.1, 0.15) is 0 Å². The van der Waals surface area contributed by atoms with E-state index in [1.807, 2.05) is 0 Å². The fraction of sp³-hybridized carbons (Fsp3) is 0.586. The predicted octanol–water partition coefficient (Wildman–Crippen LogP) is 17.7. The van der Waals surface area contributed by atoms with Gasteiger partial charge in [-0.15, -0.1) is 0 Å². The highest BCUT2D eigenvalue weighted by atomic mass is 14.5. The fourth-order valence-electron chi connectivity index (χ4n) is 9.70. The molecule has 0 saturated heterocycles. The lowest BCUT2D eigenvalue weighted by Crippen LogP contribution is -2.05. The summed E-state index contributed by atoms with van der Waals surface area (Å²) in [7, 11) is 0. The number of benzene rings is 4. The van der Waals surface area contributed by atoms with Crippen LogP contribution in [-0.4, -0.2) is 0 Å². The van der Waals surface area contributed by atoms with E-state index >= 15 is 0 Å². The Morgan fingerprint density at radius 1 is 0.350 bits per heavy atom. The first kappa shape index (κ1) is 49.1. The van der Waals surface area contributed by atoms with Crippen LogP contribution in [0.1, 0.15) is 237 Å². The zero-order chi connectivity index (χ0) is 42.6. The summed E-state index contributed by atoms with van der Waals surface area (Å²) in [5, 5.41) is 0. The molecular formula is C58H88N2. The third-order valence-electron chi connectivity index (χ3n) is 13.5. The Bertz CT molecular complexity index is 1560. The van der Waals surface area contributed by atoms with Gasteiger partial charge in [-0.05, 0) is 121 Å². The molecular weight excluding hydrogens is 725 g/mol. The molecule has 0 aromatic heterocycles. The molecule has 4 N–H and O–H groups in total. The van der Waals surface area contributed by atoms with Crippen LogP contribution in [0.25, 0.3) is 0 Å². The Hall–Kier alpha value is -3.52. The summed E-state index contributed by atoms with van der Waals surface area (Å²) in [6.07, 6.45) is 37.7. The SMILES string of the molecule is CCCCCCC(c1ccc(CCCCCCCCCCCCCCCCCCc2ccc(C(CCCCCC)c3ccc(N)cc3C)cc2)cc1)c1ccc(N)cc1C. The molecule has 60 heavy (non-hydrogen) atoms.